The maximum absolute atomic E-state index is 5.25. The van der Waals surface area contributed by atoms with Gasteiger partial charge in [0.1, 0.15) is 0 Å². The Hall–Kier alpha value is -0.120. The van der Waals surface area contributed by atoms with Gasteiger partial charge in [0.25, 0.3) is 0 Å². The summed E-state index contributed by atoms with van der Waals surface area (Å²) < 4.78 is 5.25. The molecular formula is C12H28N2O. The van der Waals surface area contributed by atoms with Gasteiger partial charge < -0.3 is 15.0 Å². The zero-order chi connectivity index (χ0) is 11.7. The molecule has 0 rings (SSSR count). The fraction of sp³-hybridized carbons (Fsp3) is 1.00. The van der Waals surface area contributed by atoms with E-state index in [1.807, 2.05) is 6.92 Å². The smallest absolute Gasteiger partial charge is 0.0590 e. The van der Waals surface area contributed by atoms with Crippen LogP contribution in [0.5, 0.6) is 0 Å². The first-order valence-electron chi connectivity index (χ1n) is 6.08. The number of hydrogen-bond acceptors (Lipinski definition) is 3. The molecule has 1 atom stereocenters. The topological polar surface area (TPSA) is 24.5 Å². The van der Waals surface area contributed by atoms with Crippen molar-refractivity contribution in [2.75, 3.05) is 39.9 Å². The zero-order valence-corrected chi connectivity index (χ0v) is 11.0. The lowest BCUT2D eigenvalue weighted by Crippen LogP contribution is -2.38. The van der Waals surface area contributed by atoms with E-state index in [-0.39, 0.29) is 0 Å². The summed E-state index contributed by atoms with van der Waals surface area (Å²) in [6, 6.07) is 0.652. The number of ether oxygens (including phenoxy) is 1. The summed E-state index contributed by atoms with van der Waals surface area (Å²) in [7, 11) is 2.19. The number of nitrogens with zero attached hydrogens (tertiary/aromatic N) is 1. The molecule has 0 spiro atoms. The lowest BCUT2D eigenvalue weighted by atomic mass is 10.1. The lowest BCUT2D eigenvalue weighted by Gasteiger charge is -2.27. The largest absolute Gasteiger partial charge is 0.380 e. The Kier molecular flexibility index (Phi) is 9.06. The number of nitrogens with one attached hydrogen (secondary N) is 1. The van der Waals surface area contributed by atoms with Crippen LogP contribution in [0.3, 0.4) is 0 Å². The summed E-state index contributed by atoms with van der Waals surface area (Å²) in [4.78, 5) is 2.40. The Morgan fingerprint density at radius 3 is 2.40 bits per heavy atom. The van der Waals surface area contributed by atoms with E-state index in [0.717, 1.165) is 38.8 Å². The standard InChI is InChI=1S/C12H28N2O/c1-6-15-10-8-13-7-9-14(5)12(4)11(2)3/h11-13H,6-10H2,1-5H3. The third-order valence-corrected chi connectivity index (χ3v) is 2.93. The second kappa shape index (κ2) is 9.13. The van der Waals surface area contributed by atoms with Crippen LogP contribution in [0.25, 0.3) is 0 Å². The Bertz CT molecular complexity index is 140. The minimum absolute atomic E-state index is 0.652. The van der Waals surface area contributed by atoms with Crippen LogP contribution in [0.2, 0.25) is 0 Å². The van der Waals surface area contributed by atoms with Crippen LogP contribution >= 0.6 is 0 Å². The van der Waals surface area contributed by atoms with Crippen LogP contribution in [-0.4, -0.2) is 50.8 Å². The van der Waals surface area contributed by atoms with Crippen LogP contribution in [0.4, 0.5) is 0 Å². The molecule has 0 fully saturated rings. The maximum Gasteiger partial charge on any atom is 0.0590 e. The summed E-state index contributed by atoms with van der Waals surface area (Å²) in [5.41, 5.74) is 0. The molecule has 15 heavy (non-hydrogen) atoms. The molecule has 3 heteroatoms. The Labute approximate surface area is 95.2 Å². The quantitative estimate of drug-likeness (QED) is 0.592. The fourth-order valence-electron chi connectivity index (χ4n) is 1.38. The van der Waals surface area contributed by atoms with Crippen LogP contribution in [0, 0.1) is 5.92 Å². The minimum Gasteiger partial charge on any atom is -0.380 e. The molecule has 0 saturated carbocycles. The van der Waals surface area contributed by atoms with Crippen molar-refractivity contribution < 1.29 is 4.74 Å². The normalized spacial score (nSPS) is 13.8. The van der Waals surface area contributed by atoms with E-state index in [1.165, 1.54) is 0 Å². The van der Waals surface area contributed by atoms with Gasteiger partial charge in [-0.3, -0.25) is 0 Å². The molecule has 0 aliphatic rings. The Morgan fingerprint density at radius 1 is 1.20 bits per heavy atom. The first-order valence-corrected chi connectivity index (χ1v) is 6.08. The maximum atomic E-state index is 5.25. The van der Waals surface area contributed by atoms with Crippen LogP contribution in [0.15, 0.2) is 0 Å². The molecule has 92 valence electrons. The fourth-order valence-corrected chi connectivity index (χ4v) is 1.38. The highest BCUT2D eigenvalue weighted by Gasteiger charge is 2.11. The van der Waals surface area contributed by atoms with E-state index < -0.39 is 0 Å². The zero-order valence-electron chi connectivity index (χ0n) is 11.0. The molecular weight excluding hydrogens is 188 g/mol. The summed E-state index contributed by atoms with van der Waals surface area (Å²) in [5.74, 6) is 0.721. The van der Waals surface area contributed by atoms with Gasteiger partial charge in [0.05, 0.1) is 6.61 Å². The highest BCUT2D eigenvalue weighted by atomic mass is 16.5. The minimum atomic E-state index is 0.652. The highest BCUT2D eigenvalue weighted by molar-refractivity contribution is 4.67. The molecule has 0 aliphatic carbocycles. The molecule has 0 aromatic carbocycles. The van der Waals surface area contributed by atoms with E-state index in [4.69, 9.17) is 4.74 Å². The van der Waals surface area contributed by atoms with Gasteiger partial charge in [-0.2, -0.15) is 0 Å². The van der Waals surface area contributed by atoms with Gasteiger partial charge in [-0.15, -0.1) is 0 Å². The third kappa shape index (κ3) is 7.77. The highest BCUT2D eigenvalue weighted by Crippen LogP contribution is 2.06. The molecule has 0 aliphatic heterocycles. The average Bonchev–Trinajstić information content (AvgIpc) is 2.21. The molecule has 0 saturated heterocycles. The monoisotopic (exact) mass is 216 g/mol. The van der Waals surface area contributed by atoms with Crippen molar-refractivity contribution in [2.45, 2.75) is 33.7 Å². The Morgan fingerprint density at radius 2 is 1.87 bits per heavy atom. The third-order valence-electron chi connectivity index (χ3n) is 2.93. The second-order valence-corrected chi connectivity index (χ2v) is 4.41. The number of rotatable bonds is 9. The van der Waals surface area contributed by atoms with Gasteiger partial charge >= 0.3 is 0 Å². The molecule has 0 radical (unpaired) electrons. The van der Waals surface area contributed by atoms with E-state index in [1.54, 1.807) is 0 Å². The summed E-state index contributed by atoms with van der Waals surface area (Å²) in [6.45, 7) is 13.6. The van der Waals surface area contributed by atoms with Crippen molar-refractivity contribution in [1.29, 1.82) is 0 Å². The average molecular weight is 216 g/mol. The van der Waals surface area contributed by atoms with Gasteiger partial charge in [0, 0.05) is 32.3 Å². The SMILES string of the molecule is CCOCCNCCN(C)C(C)C(C)C. The van der Waals surface area contributed by atoms with Gasteiger partial charge in [0.15, 0.2) is 0 Å². The predicted molar refractivity (Wildman–Crippen MR) is 66.3 cm³/mol. The van der Waals surface area contributed by atoms with Crippen molar-refractivity contribution >= 4 is 0 Å². The van der Waals surface area contributed by atoms with E-state index in [9.17, 15) is 0 Å². The molecule has 0 aromatic rings. The molecule has 0 aromatic heterocycles. The first kappa shape index (κ1) is 14.9. The Balaban J connectivity index is 3.34. The van der Waals surface area contributed by atoms with E-state index in [0.29, 0.717) is 6.04 Å². The van der Waals surface area contributed by atoms with Crippen LogP contribution in [-0.2, 0) is 4.74 Å². The molecule has 0 heterocycles. The van der Waals surface area contributed by atoms with Gasteiger partial charge in [-0.25, -0.2) is 0 Å². The molecule has 0 amide bonds. The predicted octanol–water partition coefficient (Wildman–Crippen LogP) is 1.59. The van der Waals surface area contributed by atoms with Crippen LogP contribution < -0.4 is 5.32 Å². The molecule has 3 nitrogen and oxygen atoms in total. The second-order valence-electron chi connectivity index (χ2n) is 4.41. The number of likely N-dealkylation sites (N-methyl/N-ethyl adjacent to an activating group) is 1. The first-order chi connectivity index (χ1) is 7.09. The van der Waals surface area contributed by atoms with E-state index in [2.05, 4.69) is 38.0 Å². The van der Waals surface area contributed by atoms with Crippen molar-refractivity contribution in [1.82, 2.24) is 10.2 Å². The van der Waals surface area contributed by atoms with Crippen molar-refractivity contribution in [3.8, 4) is 0 Å². The molecule has 0 bridgehead atoms. The molecule has 1 unspecified atom stereocenters. The summed E-state index contributed by atoms with van der Waals surface area (Å²) in [5, 5.41) is 3.38. The molecule has 1 N–H and O–H groups in total. The van der Waals surface area contributed by atoms with Gasteiger partial charge in [-0.05, 0) is 26.8 Å². The van der Waals surface area contributed by atoms with E-state index >= 15 is 0 Å². The number of hydrogen-bond donors (Lipinski definition) is 1. The summed E-state index contributed by atoms with van der Waals surface area (Å²) >= 11 is 0. The van der Waals surface area contributed by atoms with Crippen LogP contribution in [0.1, 0.15) is 27.7 Å². The lowest BCUT2D eigenvalue weighted by molar-refractivity contribution is 0.147. The van der Waals surface area contributed by atoms with Gasteiger partial charge in [0.2, 0.25) is 0 Å². The van der Waals surface area contributed by atoms with Crippen molar-refractivity contribution in [2.24, 2.45) is 5.92 Å². The van der Waals surface area contributed by atoms with Crippen molar-refractivity contribution in [3.63, 3.8) is 0 Å². The summed E-state index contributed by atoms with van der Waals surface area (Å²) in [6.07, 6.45) is 0. The van der Waals surface area contributed by atoms with Crippen molar-refractivity contribution in [3.05, 3.63) is 0 Å². The van der Waals surface area contributed by atoms with Gasteiger partial charge in [-0.1, -0.05) is 13.8 Å².